The molecule has 2 nitrogen and oxygen atoms in total. The van der Waals surface area contributed by atoms with Crippen molar-refractivity contribution in [2.45, 2.75) is 25.4 Å². The Kier molecular flexibility index (Phi) is 5.69. The Bertz CT molecular complexity index is 271. The number of aliphatic hydroxyl groups excluding tert-OH is 1. The van der Waals surface area contributed by atoms with Crippen LogP contribution in [-0.2, 0) is 11.2 Å². The molecule has 1 atom stereocenters. The normalized spacial score (nSPS) is 12.7. The summed E-state index contributed by atoms with van der Waals surface area (Å²) in [7, 11) is 1.67. The fraction of sp³-hybridized carbons (Fsp3) is 0.500. The molecule has 15 heavy (non-hydrogen) atoms. The zero-order chi connectivity index (χ0) is 11.1. The van der Waals surface area contributed by atoms with E-state index in [-0.39, 0.29) is 6.10 Å². The Morgan fingerprint density at radius 1 is 1.33 bits per heavy atom. The highest BCUT2D eigenvalue weighted by Crippen LogP contribution is 2.12. The van der Waals surface area contributed by atoms with Gasteiger partial charge in [-0.2, -0.15) is 0 Å². The maximum atomic E-state index is 9.71. The standard InChI is InChI=1S/C12H17ClO2/c1-15-8-2-3-12(14)9-10-4-6-11(13)7-5-10/h4-7,12,14H,2-3,8-9H2,1H3. The van der Waals surface area contributed by atoms with Gasteiger partial charge in [-0.3, -0.25) is 0 Å². The van der Waals surface area contributed by atoms with Gasteiger partial charge in [-0.1, -0.05) is 23.7 Å². The quantitative estimate of drug-likeness (QED) is 0.759. The lowest BCUT2D eigenvalue weighted by Crippen LogP contribution is -2.11. The van der Waals surface area contributed by atoms with Gasteiger partial charge in [0, 0.05) is 18.7 Å². The second-order valence-electron chi connectivity index (χ2n) is 3.62. The third-order valence-electron chi connectivity index (χ3n) is 2.27. The van der Waals surface area contributed by atoms with Crippen molar-refractivity contribution >= 4 is 11.6 Å². The molecule has 3 heteroatoms. The largest absolute Gasteiger partial charge is 0.393 e. The summed E-state index contributed by atoms with van der Waals surface area (Å²) < 4.78 is 4.93. The summed E-state index contributed by atoms with van der Waals surface area (Å²) in [6.07, 6.45) is 2.06. The van der Waals surface area contributed by atoms with E-state index in [0.29, 0.717) is 13.0 Å². The van der Waals surface area contributed by atoms with Crippen LogP contribution in [0.3, 0.4) is 0 Å². The molecular weight excluding hydrogens is 212 g/mol. The van der Waals surface area contributed by atoms with Crippen LogP contribution < -0.4 is 0 Å². The molecule has 0 bridgehead atoms. The Morgan fingerprint density at radius 3 is 2.60 bits per heavy atom. The van der Waals surface area contributed by atoms with E-state index in [2.05, 4.69) is 0 Å². The first kappa shape index (κ1) is 12.5. The highest BCUT2D eigenvalue weighted by atomic mass is 35.5. The molecule has 1 N–H and O–H groups in total. The Hall–Kier alpha value is -0.570. The number of methoxy groups -OCH3 is 1. The number of benzene rings is 1. The van der Waals surface area contributed by atoms with E-state index in [4.69, 9.17) is 16.3 Å². The third kappa shape index (κ3) is 5.17. The van der Waals surface area contributed by atoms with E-state index < -0.39 is 0 Å². The molecule has 0 radical (unpaired) electrons. The van der Waals surface area contributed by atoms with Crippen LogP contribution in [0.1, 0.15) is 18.4 Å². The van der Waals surface area contributed by atoms with E-state index in [9.17, 15) is 5.11 Å². The summed E-state index contributed by atoms with van der Waals surface area (Å²) in [5, 5.41) is 10.4. The van der Waals surface area contributed by atoms with Crippen molar-refractivity contribution in [1.29, 1.82) is 0 Å². The van der Waals surface area contributed by atoms with Crippen LogP contribution in [-0.4, -0.2) is 24.9 Å². The van der Waals surface area contributed by atoms with Crippen molar-refractivity contribution < 1.29 is 9.84 Å². The lowest BCUT2D eigenvalue weighted by Gasteiger charge is -2.10. The summed E-state index contributed by atoms with van der Waals surface area (Å²) in [6, 6.07) is 7.58. The monoisotopic (exact) mass is 228 g/mol. The lowest BCUT2D eigenvalue weighted by atomic mass is 10.0. The second kappa shape index (κ2) is 6.83. The van der Waals surface area contributed by atoms with Crippen LogP contribution in [0.5, 0.6) is 0 Å². The zero-order valence-corrected chi connectivity index (χ0v) is 9.70. The molecule has 0 saturated carbocycles. The predicted octanol–water partition coefficient (Wildman–Crippen LogP) is 2.67. The summed E-state index contributed by atoms with van der Waals surface area (Å²) in [4.78, 5) is 0. The highest BCUT2D eigenvalue weighted by Gasteiger charge is 2.05. The molecule has 0 fully saturated rings. The molecule has 1 aromatic carbocycles. The molecule has 0 spiro atoms. The van der Waals surface area contributed by atoms with Gasteiger partial charge in [0.25, 0.3) is 0 Å². The zero-order valence-electron chi connectivity index (χ0n) is 8.95. The van der Waals surface area contributed by atoms with E-state index >= 15 is 0 Å². The first-order valence-corrected chi connectivity index (χ1v) is 5.51. The summed E-state index contributed by atoms with van der Waals surface area (Å²) >= 11 is 5.77. The van der Waals surface area contributed by atoms with Gasteiger partial charge in [-0.15, -0.1) is 0 Å². The highest BCUT2D eigenvalue weighted by molar-refractivity contribution is 6.30. The van der Waals surface area contributed by atoms with E-state index in [1.54, 1.807) is 7.11 Å². The number of aliphatic hydroxyl groups is 1. The van der Waals surface area contributed by atoms with Gasteiger partial charge in [0.05, 0.1) is 6.10 Å². The van der Waals surface area contributed by atoms with Crippen molar-refractivity contribution in [3.8, 4) is 0 Å². The van der Waals surface area contributed by atoms with Gasteiger partial charge in [0.15, 0.2) is 0 Å². The molecule has 0 aromatic heterocycles. The molecule has 1 rings (SSSR count). The minimum absolute atomic E-state index is 0.290. The summed E-state index contributed by atoms with van der Waals surface area (Å²) in [6.45, 7) is 0.706. The van der Waals surface area contributed by atoms with Crippen LogP contribution in [0.25, 0.3) is 0 Å². The smallest absolute Gasteiger partial charge is 0.0581 e. The second-order valence-corrected chi connectivity index (χ2v) is 4.06. The number of halogens is 1. The Labute approximate surface area is 95.8 Å². The van der Waals surface area contributed by atoms with Crippen LogP contribution >= 0.6 is 11.6 Å². The average Bonchev–Trinajstić information content (AvgIpc) is 2.22. The molecular formula is C12H17ClO2. The Morgan fingerprint density at radius 2 is 2.00 bits per heavy atom. The molecule has 84 valence electrons. The van der Waals surface area contributed by atoms with Crippen molar-refractivity contribution in [3.05, 3.63) is 34.9 Å². The van der Waals surface area contributed by atoms with Gasteiger partial charge in [0.2, 0.25) is 0 Å². The van der Waals surface area contributed by atoms with Crippen LogP contribution in [0.2, 0.25) is 5.02 Å². The van der Waals surface area contributed by atoms with Gasteiger partial charge in [0.1, 0.15) is 0 Å². The van der Waals surface area contributed by atoms with Gasteiger partial charge in [-0.05, 0) is 37.0 Å². The predicted molar refractivity (Wildman–Crippen MR) is 62.3 cm³/mol. The maximum Gasteiger partial charge on any atom is 0.0581 e. The number of rotatable bonds is 6. The van der Waals surface area contributed by atoms with Gasteiger partial charge >= 0.3 is 0 Å². The summed E-state index contributed by atoms with van der Waals surface area (Å²) in [5.41, 5.74) is 1.12. The van der Waals surface area contributed by atoms with Crippen LogP contribution in [0, 0.1) is 0 Å². The van der Waals surface area contributed by atoms with Crippen molar-refractivity contribution in [1.82, 2.24) is 0 Å². The number of hydrogen-bond acceptors (Lipinski definition) is 2. The SMILES string of the molecule is COCCCC(O)Cc1ccc(Cl)cc1. The molecule has 0 aliphatic carbocycles. The van der Waals surface area contributed by atoms with Crippen molar-refractivity contribution in [2.24, 2.45) is 0 Å². The van der Waals surface area contributed by atoms with E-state index in [1.165, 1.54) is 0 Å². The van der Waals surface area contributed by atoms with Gasteiger partial charge < -0.3 is 9.84 Å². The summed E-state index contributed by atoms with van der Waals surface area (Å²) in [5.74, 6) is 0. The van der Waals surface area contributed by atoms with E-state index in [0.717, 1.165) is 23.4 Å². The van der Waals surface area contributed by atoms with Crippen LogP contribution in [0.15, 0.2) is 24.3 Å². The third-order valence-corrected chi connectivity index (χ3v) is 2.52. The minimum Gasteiger partial charge on any atom is -0.393 e. The maximum absolute atomic E-state index is 9.71. The van der Waals surface area contributed by atoms with Crippen molar-refractivity contribution in [2.75, 3.05) is 13.7 Å². The fourth-order valence-corrected chi connectivity index (χ4v) is 1.58. The lowest BCUT2D eigenvalue weighted by molar-refractivity contribution is 0.135. The van der Waals surface area contributed by atoms with Crippen molar-refractivity contribution in [3.63, 3.8) is 0 Å². The van der Waals surface area contributed by atoms with Gasteiger partial charge in [-0.25, -0.2) is 0 Å². The molecule has 0 aliphatic heterocycles. The van der Waals surface area contributed by atoms with Crippen LogP contribution in [0.4, 0.5) is 0 Å². The fourth-order valence-electron chi connectivity index (χ4n) is 1.46. The average molecular weight is 229 g/mol. The molecule has 0 amide bonds. The minimum atomic E-state index is -0.290. The molecule has 0 heterocycles. The molecule has 0 saturated heterocycles. The number of hydrogen-bond donors (Lipinski definition) is 1. The molecule has 1 aromatic rings. The first-order valence-electron chi connectivity index (χ1n) is 5.14. The number of ether oxygens (including phenoxy) is 1. The first-order chi connectivity index (χ1) is 7.22. The topological polar surface area (TPSA) is 29.5 Å². The van der Waals surface area contributed by atoms with E-state index in [1.807, 2.05) is 24.3 Å². The Balaban J connectivity index is 2.31. The molecule has 1 unspecified atom stereocenters. The molecule has 0 aliphatic rings.